The Labute approximate surface area is 116 Å². The molecule has 0 saturated heterocycles. The van der Waals surface area contributed by atoms with Crippen molar-refractivity contribution >= 4 is 17.6 Å². The van der Waals surface area contributed by atoms with Crippen LogP contribution in [0.5, 0.6) is 11.5 Å². The number of nitrogens with zero attached hydrogens (tertiary/aromatic N) is 1. The van der Waals surface area contributed by atoms with Crippen LogP contribution in [0.3, 0.4) is 0 Å². The zero-order chi connectivity index (χ0) is 14.0. The van der Waals surface area contributed by atoms with Crippen LogP contribution < -0.4 is 9.47 Å². The number of benzene rings is 1. The van der Waals surface area contributed by atoms with Gasteiger partial charge in [-0.2, -0.15) is 0 Å². The summed E-state index contributed by atoms with van der Waals surface area (Å²) in [6, 6.07) is 2.94. The first kappa shape index (κ1) is 14.0. The van der Waals surface area contributed by atoms with E-state index >= 15 is 0 Å². The van der Waals surface area contributed by atoms with Gasteiger partial charge in [-0.1, -0.05) is 18.5 Å². The lowest BCUT2D eigenvalue weighted by atomic mass is 10.1. The van der Waals surface area contributed by atoms with Gasteiger partial charge >= 0.3 is 5.97 Å². The lowest BCUT2D eigenvalue weighted by molar-refractivity contribution is -0.143. The molecular formula is C13H16ClNO4. The molecule has 6 heteroatoms. The minimum atomic E-state index is -0.842. The molecule has 1 aliphatic heterocycles. The summed E-state index contributed by atoms with van der Waals surface area (Å²) >= 11 is 6.17. The Kier molecular flexibility index (Phi) is 4.17. The smallest absolute Gasteiger partial charge is 0.320 e. The fourth-order valence-electron chi connectivity index (χ4n) is 2.19. The van der Waals surface area contributed by atoms with Crippen LogP contribution in [0.25, 0.3) is 0 Å². The Hall–Kier alpha value is -1.46. The zero-order valence-electron chi connectivity index (χ0n) is 10.9. The summed E-state index contributed by atoms with van der Waals surface area (Å²) in [4.78, 5) is 12.9. The third-order valence-electron chi connectivity index (χ3n) is 3.20. The van der Waals surface area contributed by atoms with Crippen LogP contribution in [-0.2, 0) is 11.3 Å². The molecule has 1 N–H and O–H groups in total. The number of carboxylic acid groups (broad SMARTS) is 1. The van der Waals surface area contributed by atoms with Crippen molar-refractivity contribution in [1.82, 2.24) is 4.90 Å². The molecule has 0 saturated carbocycles. The SMILES string of the molecule is CC[C@H](C(=O)O)N(C)Cc1c(Cl)ccc2c1OCO2. The van der Waals surface area contributed by atoms with Crippen LogP contribution in [-0.4, -0.2) is 35.9 Å². The Bertz CT molecular complexity index is 492. The van der Waals surface area contributed by atoms with Gasteiger partial charge < -0.3 is 14.6 Å². The van der Waals surface area contributed by atoms with Gasteiger partial charge in [0.1, 0.15) is 6.04 Å². The van der Waals surface area contributed by atoms with Gasteiger partial charge in [0.2, 0.25) is 6.79 Å². The molecule has 0 radical (unpaired) electrons. The standard InChI is InChI=1S/C13H16ClNO4/c1-3-10(13(16)17)15(2)6-8-9(14)4-5-11-12(8)19-7-18-11/h4-5,10H,3,6-7H2,1-2H3,(H,16,17)/t10-/m1/s1. The van der Waals surface area contributed by atoms with E-state index < -0.39 is 12.0 Å². The van der Waals surface area contributed by atoms with Crippen LogP contribution in [0.15, 0.2) is 12.1 Å². The van der Waals surface area contributed by atoms with Gasteiger partial charge in [0, 0.05) is 17.1 Å². The molecule has 1 atom stereocenters. The largest absolute Gasteiger partial charge is 0.480 e. The number of halogens is 1. The second kappa shape index (κ2) is 5.67. The first-order chi connectivity index (χ1) is 9.04. The number of hydrogen-bond donors (Lipinski definition) is 1. The van der Waals surface area contributed by atoms with Crippen molar-refractivity contribution in [3.8, 4) is 11.5 Å². The number of carbonyl (C=O) groups is 1. The van der Waals surface area contributed by atoms with Gasteiger partial charge in [-0.05, 0) is 25.6 Å². The molecule has 0 bridgehead atoms. The molecule has 0 aromatic heterocycles. The van der Waals surface area contributed by atoms with E-state index in [1.54, 1.807) is 24.1 Å². The quantitative estimate of drug-likeness (QED) is 0.900. The summed E-state index contributed by atoms with van der Waals surface area (Å²) in [5, 5.41) is 9.71. The maximum absolute atomic E-state index is 11.2. The van der Waals surface area contributed by atoms with Gasteiger partial charge in [-0.25, -0.2) is 0 Å². The van der Waals surface area contributed by atoms with Gasteiger partial charge in [-0.3, -0.25) is 9.69 Å². The van der Waals surface area contributed by atoms with E-state index in [0.717, 1.165) is 5.56 Å². The number of fused-ring (bicyclic) bond motifs is 1. The van der Waals surface area contributed by atoms with E-state index in [4.69, 9.17) is 26.2 Å². The number of hydrogen-bond acceptors (Lipinski definition) is 4. The zero-order valence-corrected chi connectivity index (χ0v) is 11.6. The summed E-state index contributed by atoms with van der Waals surface area (Å²) in [6.45, 7) is 2.41. The van der Waals surface area contributed by atoms with Crippen molar-refractivity contribution in [3.05, 3.63) is 22.7 Å². The lowest BCUT2D eigenvalue weighted by Gasteiger charge is -2.24. The molecule has 1 aromatic carbocycles. The first-order valence-corrected chi connectivity index (χ1v) is 6.42. The Morgan fingerprint density at radius 2 is 2.26 bits per heavy atom. The number of carboxylic acids is 1. The second-order valence-corrected chi connectivity index (χ2v) is 4.84. The van der Waals surface area contributed by atoms with Crippen molar-refractivity contribution in [2.75, 3.05) is 13.8 Å². The summed E-state index contributed by atoms with van der Waals surface area (Å²) in [5.41, 5.74) is 0.763. The topological polar surface area (TPSA) is 59.0 Å². The summed E-state index contributed by atoms with van der Waals surface area (Å²) in [7, 11) is 1.76. The molecule has 19 heavy (non-hydrogen) atoms. The van der Waals surface area contributed by atoms with E-state index in [2.05, 4.69) is 0 Å². The predicted octanol–water partition coefficient (Wildman–Crippen LogP) is 2.36. The van der Waals surface area contributed by atoms with Crippen LogP contribution >= 0.6 is 11.6 Å². The molecule has 1 aliphatic rings. The molecule has 2 rings (SSSR count). The first-order valence-electron chi connectivity index (χ1n) is 6.04. The predicted molar refractivity (Wildman–Crippen MR) is 70.8 cm³/mol. The monoisotopic (exact) mass is 285 g/mol. The Morgan fingerprint density at radius 1 is 1.53 bits per heavy atom. The summed E-state index contributed by atoms with van der Waals surface area (Å²) < 4.78 is 10.7. The molecule has 0 unspecified atom stereocenters. The number of aliphatic carboxylic acids is 1. The third kappa shape index (κ3) is 2.77. The highest BCUT2D eigenvalue weighted by Gasteiger charge is 2.25. The molecule has 5 nitrogen and oxygen atoms in total. The summed E-state index contributed by atoms with van der Waals surface area (Å²) in [6.07, 6.45) is 0.524. The fraction of sp³-hybridized carbons (Fsp3) is 0.462. The van der Waals surface area contributed by atoms with Crippen LogP contribution in [0.4, 0.5) is 0 Å². The molecular weight excluding hydrogens is 270 g/mol. The molecule has 0 amide bonds. The van der Waals surface area contributed by atoms with Crippen molar-refractivity contribution in [1.29, 1.82) is 0 Å². The average Bonchev–Trinajstić information content (AvgIpc) is 2.81. The van der Waals surface area contributed by atoms with Gasteiger partial charge in [0.25, 0.3) is 0 Å². The van der Waals surface area contributed by atoms with Crippen molar-refractivity contribution in [2.24, 2.45) is 0 Å². The minimum absolute atomic E-state index is 0.169. The van der Waals surface area contributed by atoms with Gasteiger partial charge in [-0.15, -0.1) is 0 Å². The third-order valence-corrected chi connectivity index (χ3v) is 3.55. The molecule has 1 heterocycles. The molecule has 1 aromatic rings. The van der Waals surface area contributed by atoms with Crippen LogP contribution in [0, 0.1) is 0 Å². The second-order valence-electron chi connectivity index (χ2n) is 4.44. The highest BCUT2D eigenvalue weighted by molar-refractivity contribution is 6.31. The molecule has 104 valence electrons. The number of ether oxygens (including phenoxy) is 2. The van der Waals surface area contributed by atoms with Crippen molar-refractivity contribution in [3.63, 3.8) is 0 Å². The molecule has 0 fully saturated rings. The van der Waals surface area contributed by atoms with E-state index in [1.165, 1.54) is 0 Å². The van der Waals surface area contributed by atoms with Gasteiger partial charge in [0.05, 0.1) is 0 Å². The van der Waals surface area contributed by atoms with E-state index in [1.807, 2.05) is 6.92 Å². The number of rotatable bonds is 5. The summed E-state index contributed by atoms with van der Waals surface area (Å²) in [5.74, 6) is 0.418. The average molecular weight is 286 g/mol. The lowest BCUT2D eigenvalue weighted by Crippen LogP contribution is -2.37. The van der Waals surface area contributed by atoms with Crippen molar-refractivity contribution in [2.45, 2.75) is 25.9 Å². The maximum atomic E-state index is 11.2. The highest BCUT2D eigenvalue weighted by Crippen LogP contribution is 2.40. The van der Waals surface area contributed by atoms with Crippen LogP contribution in [0.2, 0.25) is 5.02 Å². The highest BCUT2D eigenvalue weighted by atomic mass is 35.5. The fourth-order valence-corrected chi connectivity index (χ4v) is 2.40. The molecule has 0 aliphatic carbocycles. The van der Waals surface area contributed by atoms with E-state index in [-0.39, 0.29) is 6.79 Å². The number of likely N-dealkylation sites (N-methyl/N-ethyl adjacent to an activating group) is 1. The maximum Gasteiger partial charge on any atom is 0.320 e. The normalized spacial score (nSPS) is 14.7. The van der Waals surface area contributed by atoms with E-state index in [0.29, 0.717) is 29.5 Å². The van der Waals surface area contributed by atoms with E-state index in [9.17, 15) is 4.79 Å². The minimum Gasteiger partial charge on any atom is -0.480 e. The van der Waals surface area contributed by atoms with Crippen molar-refractivity contribution < 1.29 is 19.4 Å². The van der Waals surface area contributed by atoms with Crippen LogP contribution in [0.1, 0.15) is 18.9 Å². The Balaban J connectivity index is 2.24. The Morgan fingerprint density at radius 3 is 2.89 bits per heavy atom. The van der Waals surface area contributed by atoms with Gasteiger partial charge in [0.15, 0.2) is 11.5 Å². The molecule has 0 spiro atoms.